The van der Waals surface area contributed by atoms with E-state index in [-0.39, 0.29) is 23.4 Å². The molecule has 0 bridgehead atoms. The Kier molecular flexibility index (Phi) is 2.46. The van der Waals surface area contributed by atoms with Gasteiger partial charge in [-0.2, -0.15) is 0 Å². The first-order valence-corrected chi connectivity index (χ1v) is 8.02. The van der Waals surface area contributed by atoms with Crippen LogP contribution in [0.3, 0.4) is 0 Å². The van der Waals surface area contributed by atoms with Gasteiger partial charge in [-0.1, -0.05) is 42.5 Å². The van der Waals surface area contributed by atoms with Gasteiger partial charge in [-0.05, 0) is 24.5 Å². The number of ketones is 2. The number of aryl methyl sites for hydroxylation is 1. The topological polar surface area (TPSA) is 49.9 Å². The number of aromatic nitrogens is 1. The van der Waals surface area contributed by atoms with E-state index in [0.717, 1.165) is 35.0 Å². The van der Waals surface area contributed by atoms with Crippen molar-refractivity contribution in [3.63, 3.8) is 0 Å². The van der Waals surface area contributed by atoms with Crippen LogP contribution in [-0.2, 0) is 6.42 Å². The van der Waals surface area contributed by atoms with Gasteiger partial charge in [0.05, 0.1) is 5.92 Å². The van der Waals surface area contributed by atoms with Crippen LogP contribution in [0.4, 0.5) is 0 Å². The second kappa shape index (κ2) is 4.42. The Bertz CT molecular complexity index is 982. The number of hydrogen-bond donors (Lipinski definition) is 1. The Morgan fingerprint density at radius 2 is 1.57 bits per heavy atom. The highest BCUT2D eigenvalue weighted by Crippen LogP contribution is 2.46. The molecule has 0 fully saturated rings. The van der Waals surface area contributed by atoms with E-state index in [1.54, 1.807) is 12.1 Å². The van der Waals surface area contributed by atoms with Crippen LogP contribution in [0.15, 0.2) is 48.5 Å². The molecule has 1 heterocycles. The summed E-state index contributed by atoms with van der Waals surface area (Å²) in [6, 6.07) is 15.3. The lowest BCUT2D eigenvalue weighted by Crippen LogP contribution is -2.37. The lowest BCUT2D eigenvalue weighted by Gasteiger charge is -2.34. The summed E-state index contributed by atoms with van der Waals surface area (Å²) in [5, 5.41) is 1.08. The molecule has 3 nitrogen and oxygen atoms in total. The monoisotopic (exact) mass is 301 g/mol. The summed E-state index contributed by atoms with van der Waals surface area (Å²) in [4.78, 5) is 29.5. The van der Waals surface area contributed by atoms with E-state index in [0.29, 0.717) is 11.1 Å². The van der Waals surface area contributed by atoms with Gasteiger partial charge in [0.1, 0.15) is 0 Å². The fourth-order valence-electron chi connectivity index (χ4n) is 4.32. The molecule has 0 unspecified atom stereocenters. The van der Waals surface area contributed by atoms with Gasteiger partial charge in [-0.25, -0.2) is 0 Å². The SMILES string of the molecule is O=C1c2ccccc2C(=O)[C@H]2c3c([nH]c4ccccc34)CC[C@@H]12. The van der Waals surface area contributed by atoms with Crippen LogP contribution in [0.2, 0.25) is 0 Å². The highest BCUT2D eigenvalue weighted by Gasteiger charge is 2.45. The standard InChI is InChI=1S/C20H15NO2/c22-19-11-5-1-2-6-12(11)20(23)18-14(19)9-10-16-17(18)13-7-3-4-8-15(13)21-16/h1-8,14,18,21H,9-10H2/t14-,18-/m1/s1. The predicted octanol–water partition coefficient (Wildman–Crippen LogP) is 3.89. The van der Waals surface area contributed by atoms with Crippen LogP contribution >= 0.6 is 0 Å². The van der Waals surface area contributed by atoms with Crippen molar-refractivity contribution < 1.29 is 9.59 Å². The molecule has 1 aromatic heterocycles. The van der Waals surface area contributed by atoms with Gasteiger partial charge in [0.15, 0.2) is 11.6 Å². The molecule has 112 valence electrons. The Hall–Kier alpha value is -2.68. The molecular formula is C20H15NO2. The number of para-hydroxylation sites is 1. The van der Waals surface area contributed by atoms with Crippen LogP contribution in [0.25, 0.3) is 10.9 Å². The van der Waals surface area contributed by atoms with Crippen LogP contribution in [0.1, 0.15) is 44.3 Å². The lowest BCUT2D eigenvalue weighted by atomic mass is 9.66. The summed E-state index contributed by atoms with van der Waals surface area (Å²) < 4.78 is 0. The molecule has 0 saturated carbocycles. The second-order valence-corrected chi connectivity index (χ2v) is 6.46. The molecule has 0 aliphatic heterocycles. The molecule has 0 amide bonds. The third-order valence-corrected chi connectivity index (χ3v) is 5.32. The van der Waals surface area contributed by atoms with Gasteiger partial charge in [-0.3, -0.25) is 9.59 Å². The van der Waals surface area contributed by atoms with Crippen LogP contribution in [0, 0.1) is 5.92 Å². The molecular weight excluding hydrogens is 286 g/mol. The third kappa shape index (κ3) is 1.59. The first-order valence-electron chi connectivity index (χ1n) is 8.02. The smallest absolute Gasteiger partial charge is 0.171 e. The van der Waals surface area contributed by atoms with Crippen molar-refractivity contribution in [3.05, 3.63) is 70.9 Å². The van der Waals surface area contributed by atoms with E-state index in [9.17, 15) is 9.59 Å². The summed E-state index contributed by atoms with van der Waals surface area (Å²) in [6.45, 7) is 0. The summed E-state index contributed by atoms with van der Waals surface area (Å²) in [5.41, 5.74) is 4.40. The Labute approximate surface area is 133 Å². The number of aromatic amines is 1. The highest BCUT2D eigenvalue weighted by atomic mass is 16.1. The maximum absolute atomic E-state index is 13.1. The molecule has 2 aliphatic rings. The largest absolute Gasteiger partial charge is 0.358 e. The molecule has 0 radical (unpaired) electrons. The van der Waals surface area contributed by atoms with Crippen molar-refractivity contribution in [3.8, 4) is 0 Å². The van der Waals surface area contributed by atoms with Crippen LogP contribution in [0.5, 0.6) is 0 Å². The summed E-state index contributed by atoms with van der Waals surface area (Å²) in [7, 11) is 0. The average Bonchev–Trinajstić information content (AvgIpc) is 2.98. The normalized spacial score (nSPS) is 22.6. The molecule has 0 spiro atoms. The molecule has 3 heteroatoms. The Balaban J connectivity index is 1.80. The number of carbonyl (C=O) groups excluding carboxylic acids is 2. The fourth-order valence-corrected chi connectivity index (χ4v) is 4.32. The predicted molar refractivity (Wildman–Crippen MR) is 88.0 cm³/mol. The van der Waals surface area contributed by atoms with Gasteiger partial charge in [-0.15, -0.1) is 0 Å². The zero-order chi connectivity index (χ0) is 15.6. The van der Waals surface area contributed by atoms with E-state index < -0.39 is 0 Å². The first kappa shape index (κ1) is 12.8. The quantitative estimate of drug-likeness (QED) is 0.684. The number of rotatable bonds is 0. The molecule has 23 heavy (non-hydrogen) atoms. The number of fused-ring (bicyclic) bond motifs is 6. The van der Waals surface area contributed by atoms with Crippen molar-refractivity contribution in [2.24, 2.45) is 5.92 Å². The highest BCUT2D eigenvalue weighted by molar-refractivity contribution is 6.19. The van der Waals surface area contributed by atoms with Gasteiger partial charge in [0.25, 0.3) is 0 Å². The molecule has 3 aromatic rings. The van der Waals surface area contributed by atoms with Crippen molar-refractivity contribution >= 4 is 22.5 Å². The van der Waals surface area contributed by atoms with E-state index in [1.807, 2.05) is 36.4 Å². The number of Topliss-reactive ketones (excluding diaryl/α,β-unsaturated/α-hetero) is 2. The maximum atomic E-state index is 13.1. The summed E-state index contributed by atoms with van der Waals surface area (Å²) in [5.74, 6) is -0.335. The van der Waals surface area contributed by atoms with Crippen LogP contribution < -0.4 is 0 Å². The second-order valence-electron chi connectivity index (χ2n) is 6.46. The average molecular weight is 301 g/mol. The zero-order valence-corrected chi connectivity index (χ0v) is 12.5. The number of hydrogen-bond acceptors (Lipinski definition) is 2. The van der Waals surface area contributed by atoms with Crippen LogP contribution in [-0.4, -0.2) is 16.6 Å². The summed E-state index contributed by atoms with van der Waals surface area (Å²) in [6.07, 6.45) is 1.57. The molecule has 5 rings (SSSR count). The zero-order valence-electron chi connectivity index (χ0n) is 12.5. The molecule has 2 aromatic carbocycles. The van der Waals surface area contributed by atoms with Crippen molar-refractivity contribution in [2.75, 3.05) is 0 Å². The molecule has 2 atom stereocenters. The fraction of sp³-hybridized carbons (Fsp3) is 0.200. The number of nitrogens with one attached hydrogen (secondary N) is 1. The first-order chi connectivity index (χ1) is 11.3. The maximum Gasteiger partial charge on any atom is 0.171 e. The Morgan fingerprint density at radius 3 is 2.39 bits per heavy atom. The minimum Gasteiger partial charge on any atom is -0.358 e. The third-order valence-electron chi connectivity index (χ3n) is 5.32. The summed E-state index contributed by atoms with van der Waals surface area (Å²) >= 11 is 0. The van der Waals surface area contributed by atoms with Gasteiger partial charge >= 0.3 is 0 Å². The van der Waals surface area contributed by atoms with Gasteiger partial charge in [0, 0.05) is 33.6 Å². The number of H-pyrrole nitrogens is 1. The molecule has 1 N–H and O–H groups in total. The number of benzene rings is 2. The van der Waals surface area contributed by atoms with Gasteiger partial charge < -0.3 is 4.98 Å². The minimum atomic E-state index is -0.336. The van der Waals surface area contributed by atoms with E-state index in [1.165, 1.54) is 0 Å². The van der Waals surface area contributed by atoms with Crippen molar-refractivity contribution in [1.82, 2.24) is 4.98 Å². The van der Waals surface area contributed by atoms with Crippen molar-refractivity contribution in [1.29, 1.82) is 0 Å². The van der Waals surface area contributed by atoms with E-state index >= 15 is 0 Å². The minimum absolute atomic E-state index is 0.0934. The van der Waals surface area contributed by atoms with Gasteiger partial charge in [0.2, 0.25) is 0 Å². The van der Waals surface area contributed by atoms with Crippen molar-refractivity contribution in [2.45, 2.75) is 18.8 Å². The van der Waals surface area contributed by atoms with E-state index in [2.05, 4.69) is 4.98 Å². The molecule has 0 saturated heterocycles. The lowest BCUT2D eigenvalue weighted by molar-refractivity contribution is 0.0775. The number of carbonyl (C=O) groups is 2. The molecule has 2 aliphatic carbocycles. The Morgan fingerprint density at radius 1 is 0.870 bits per heavy atom. The van der Waals surface area contributed by atoms with E-state index in [4.69, 9.17) is 0 Å².